The second kappa shape index (κ2) is 12.5. The molecule has 1 atom stereocenters. The molecule has 5 nitrogen and oxygen atoms in total. The number of amides is 2. The molecule has 0 aromatic heterocycles. The monoisotopic (exact) mass is 520 g/mol. The number of primary amides is 1. The van der Waals surface area contributed by atoms with Gasteiger partial charge in [0.1, 0.15) is 28.8 Å². The van der Waals surface area contributed by atoms with Gasteiger partial charge in [0.2, 0.25) is 5.91 Å². The largest absolute Gasteiger partial charge is 0.516 e. The number of ether oxygens (including phenoxy) is 1. The zero-order valence-corrected chi connectivity index (χ0v) is 23.5. The van der Waals surface area contributed by atoms with Crippen LogP contribution in [0.2, 0.25) is 0 Å². The maximum absolute atomic E-state index is 13.2. The highest BCUT2D eigenvalue weighted by molar-refractivity contribution is 7.95. The Hall–Kier alpha value is -3.01. The quantitative estimate of drug-likeness (QED) is 0.219. The Morgan fingerprint density at radius 3 is 1.57 bits per heavy atom. The van der Waals surface area contributed by atoms with Crippen LogP contribution in [0.5, 0.6) is 0 Å². The van der Waals surface area contributed by atoms with E-state index in [1.54, 1.807) is 0 Å². The average molecular weight is 521 g/mol. The Balaban J connectivity index is 1.90. The topological polar surface area (TPSA) is 69.4 Å². The van der Waals surface area contributed by atoms with E-state index >= 15 is 0 Å². The van der Waals surface area contributed by atoms with E-state index in [0.29, 0.717) is 13.1 Å². The van der Waals surface area contributed by atoms with Gasteiger partial charge in [-0.25, -0.2) is 4.48 Å². The van der Waals surface area contributed by atoms with Gasteiger partial charge in [0, 0.05) is 6.42 Å². The van der Waals surface area contributed by atoms with Crippen molar-refractivity contribution >= 4 is 35.2 Å². The minimum Gasteiger partial charge on any atom is -0.414 e. The average Bonchev–Trinajstić information content (AvgIpc) is 2.88. The first-order valence-corrected chi connectivity index (χ1v) is 15.0. The molecule has 0 heterocycles. The second-order valence-electron chi connectivity index (χ2n) is 10.8. The van der Waals surface area contributed by atoms with Crippen molar-refractivity contribution in [2.45, 2.75) is 45.6 Å². The van der Waals surface area contributed by atoms with E-state index in [0.717, 1.165) is 19.0 Å². The highest BCUT2D eigenvalue weighted by atomic mass is 31.2. The number of rotatable bonds is 11. The van der Waals surface area contributed by atoms with Gasteiger partial charge in [-0.05, 0) is 63.6 Å². The second-order valence-corrected chi connectivity index (χ2v) is 14.4. The fourth-order valence-electron chi connectivity index (χ4n) is 4.72. The number of nitrogens with zero attached hydrogens (tertiary/aromatic N) is 1. The minimum atomic E-state index is -1.92. The summed E-state index contributed by atoms with van der Waals surface area (Å²) in [7, 11) is -0.0686. The Morgan fingerprint density at radius 2 is 1.19 bits per heavy atom. The van der Waals surface area contributed by atoms with Crippen LogP contribution >= 0.6 is 7.26 Å². The summed E-state index contributed by atoms with van der Waals surface area (Å²) in [6, 6.07) is 32.4. The maximum atomic E-state index is 13.2. The molecule has 0 spiro atoms. The molecule has 2 N–H and O–H groups in total. The number of carbonyl (C=O) groups excluding carboxylic acids is 2. The zero-order chi connectivity index (χ0) is 26.9. The van der Waals surface area contributed by atoms with Crippen LogP contribution in [0.25, 0.3) is 0 Å². The van der Waals surface area contributed by atoms with E-state index in [1.165, 1.54) is 15.9 Å². The van der Waals surface area contributed by atoms with Crippen LogP contribution in [0.15, 0.2) is 91.0 Å². The lowest BCUT2D eigenvalue weighted by Crippen LogP contribution is -2.53. The van der Waals surface area contributed by atoms with Gasteiger partial charge >= 0.3 is 6.09 Å². The summed E-state index contributed by atoms with van der Waals surface area (Å²) in [6.07, 6.45) is 2.56. The predicted molar refractivity (Wildman–Crippen MR) is 155 cm³/mol. The van der Waals surface area contributed by atoms with Crippen molar-refractivity contribution in [1.82, 2.24) is 0 Å². The van der Waals surface area contributed by atoms with Gasteiger partial charge in [-0.2, -0.15) is 4.79 Å². The van der Waals surface area contributed by atoms with Crippen molar-refractivity contribution in [2.24, 2.45) is 5.73 Å². The van der Waals surface area contributed by atoms with E-state index in [1.807, 2.05) is 27.8 Å². The minimum absolute atomic E-state index is 0.0354. The molecule has 3 rings (SSSR count). The van der Waals surface area contributed by atoms with Gasteiger partial charge < -0.3 is 10.5 Å². The first kappa shape index (κ1) is 28.6. The Kier molecular flexibility index (Phi) is 9.64. The molecule has 0 radical (unpaired) electrons. The van der Waals surface area contributed by atoms with Gasteiger partial charge in [-0.15, -0.1) is 0 Å². The van der Waals surface area contributed by atoms with E-state index in [4.69, 9.17) is 10.5 Å². The van der Waals surface area contributed by atoms with Crippen molar-refractivity contribution < 1.29 is 18.8 Å². The summed E-state index contributed by atoms with van der Waals surface area (Å²) < 4.78 is 5.76. The SMILES string of the molecule is CC(C)(C)OC(=O)[N+](C)(CCCC[P+](c1ccccc1)(c1ccccc1)c1ccccc1)CCC(N)=O. The summed E-state index contributed by atoms with van der Waals surface area (Å²) in [5, 5.41) is 4.06. The van der Waals surface area contributed by atoms with Crippen molar-refractivity contribution in [3.05, 3.63) is 91.0 Å². The summed E-state index contributed by atoms with van der Waals surface area (Å²) in [6.45, 7) is 6.51. The fraction of sp³-hybridized carbons (Fsp3) is 0.355. The summed E-state index contributed by atoms with van der Waals surface area (Å²) in [5.41, 5.74) is 4.84. The molecule has 0 fully saturated rings. The third kappa shape index (κ3) is 7.50. The molecule has 2 amide bonds. The molecule has 3 aromatic rings. The normalized spacial score (nSPS) is 13.5. The molecule has 0 aliphatic carbocycles. The smallest absolute Gasteiger partial charge is 0.414 e. The summed E-state index contributed by atoms with van der Waals surface area (Å²) >= 11 is 0. The molecule has 196 valence electrons. The van der Waals surface area contributed by atoms with Gasteiger partial charge in [0.05, 0.1) is 32.7 Å². The standard InChI is InChI=1S/C31H40N2O3P/c1-31(2,3)36-30(35)33(4,24-22-29(32)34)23-14-15-25-37(26-16-8-5-9-17-26,27-18-10-6-11-19-27)28-20-12-7-13-21-28/h5-13,16-21H,14-15,22-25H2,1-4H3,(H-,32,34)/q+1/p+1. The van der Waals surface area contributed by atoms with Crippen LogP contribution in [0, 0.1) is 0 Å². The van der Waals surface area contributed by atoms with Crippen LogP contribution in [-0.4, -0.2) is 48.4 Å². The van der Waals surface area contributed by atoms with Gasteiger partial charge in [-0.1, -0.05) is 54.6 Å². The lowest BCUT2D eigenvalue weighted by Gasteiger charge is -2.33. The molecule has 0 saturated carbocycles. The van der Waals surface area contributed by atoms with Crippen molar-refractivity contribution in [1.29, 1.82) is 0 Å². The zero-order valence-electron chi connectivity index (χ0n) is 22.6. The number of hydrogen-bond acceptors (Lipinski definition) is 3. The number of benzene rings is 3. The Morgan fingerprint density at radius 1 is 0.757 bits per heavy atom. The third-order valence-electron chi connectivity index (χ3n) is 6.67. The van der Waals surface area contributed by atoms with Gasteiger partial charge in [0.15, 0.2) is 0 Å². The first-order valence-electron chi connectivity index (χ1n) is 13.0. The van der Waals surface area contributed by atoms with Crippen molar-refractivity contribution in [2.75, 3.05) is 26.3 Å². The molecule has 0 bridgehead atoms. The number of quaternary nitrogens is 1. The molecule has 1 unspecified atom stereocenters. The molecule has 0 saturated heterocycles. The van der Waals surface area contributed by atoms with E-state index in [9.17, 15) is 9.59 Å². The molecular formula is C31H41N2O3P+2. The molecule has 6 heteroatoms. The molecule has 3 aromatic carbocycles. The summed E-state index contributed by atoms with van der Waals surface area (Å²) in [4.78, 5) is 24.7. The molecule has 37 heavy (non-hydrogen) atoms. The third-order valence-corrected chi connectivity index (χ3v) is 11.2. The van der Waals surface area contributed by atoms with E-state index in [-0.39, 0.29) is 17.0 Å². The first-order chi connectivity index (χ1) is 17.6. The number of unbranched alkanes of at least 4 members (excludes halogenated alkanes) is 1. The van der Waals surface area contributed by atoms with Gasteiger partial charge in [-0.3, -0.25) is 4.79 Å². The Labute approximate surface area is 222 Å². The van der Waals surface area contributed by atoms with E-state index in [2.05, 4.69) is 91.0 Å². The number of nitrogens with two attached hydrogens (primary N) is 1. The lowest BCUT2D eigenvalue weighted by molar-refractivity contribution is -0.838. The number of hydrogen-bond donors (Lipinski definition) is 1. The van der Waals surface area contributed by atoms with Crippen molar-refractivity contribution in [3.8, 4) is 0 Å². The van der Waals surface area contributed by atoms with E-state index < -0.39 is 18.8 Å². The van der Waals surface area contributed by atoms with Crippen molar-refractivity contribution in [3.63, 3.8) is 0 Å². The van der Waals surface area contributed by atoms with Crippen LogP contribution in [-0.2, 0) is 9.53 Å². The van der Waals surface area contributed by atoms with Crippen LogP contribution in [0.4, 0.5) is 4.79 Å². The van der Waals surface area contributed by atoms with Crippen LogP contribution in [0.3, 0.4) is 0 Å². The molecule has 0 aliphatic rings. The molecular weight excluding hydrogens is 479 g/mol. The van der Waals surface area contributed by atoms with Crippen LogP contribution in [0.1, 0.15) is 40.0 Å². The lowest BCUT2D eigenvalue weighted by atomic mass is 10.2. The predicted octanol–water partition coefficient (Wildman–Crippen LogP) is 5.02. The molecule has 0 aliphatic heterocycles. The number of carbonyl (C=O) groups is 2. The van der Waals surface area contributed by atoms with Gasteiger partial charge in [0.25, 0.3) is 0 Å². The maximum Gasteiger partial charge on any atom is 0.516 e. The summed E-state index contributed by atoms with van der Waals surface area (Å²) in [5.74, 6) is -0.407. The fourth-order valence-corrected chi connectivity index (χ4v) is 9.13. The highest BCUT2D eigenvalue weighted by Gasteiger charge is 2.45. The Bertz CT molecular complexity index is 1050. The highest BCUT2D eigenvalue weighted by Crippen LogP contribution is 2.55. The van der Waals surface area contributed by atoms with Crippen LogP contribution < -0.4 is 21.6 Å².